The first-order chi connectivity index (χ1) is 18.1. The third-order valence-corrected chi connectivity index (χ3v) is 7.44. The zero-order valence-electron chi connectivity index (χ0n) is 21.1. The highest BCUT2D eigenvalue weighted by molar-refractivity contribution is 7.80. The van der Waals surface area contributed by atoms with Crippen LogP contribution in [0.2, 0.25) is 5.02 Å². The lowest BCUT2D eigenvalue weighted by atomic mass is 10.2. The van der Waals surface area contributed by atoms with Crippen LogP contribution in [0.4, 0.5) is 23.3 Å². The molecule has 37 heavy (non-hydrogen) atoms. The van der Waals surface area contributed by atoms with Gasteiger partial charge < -0.3 is 25.3 Å². The van der Waals surface area contributed by atoms with Crippen LogP contribution in [0.5, 0.6) is 0 Å². The molecule has 3 heterocycles. The zero-order chi connectivity index (χ0) is 25.5. The summed E-state index contributed by atoms with van der Waals surface area (Å²) in [6.07, 6.45) is 4.94. The fourth-order valence-electron chi connectivity index (χ4n) is 4.86. The Kier molecular flexibility index (Phi) is 8.58. The molecule has 0 aliphatic carbocycles. The SMILES string of the molecule is S=C(NCc1ccc(Cl)cc1)Nc1nc(N2CCCCCC2)cc(N2CCN(c3ccccc3)CC2)n1. The highest BCUT2D eigenvalue weighted by atomic mass is 35.5. The first-order valence-electron chi connectivity index (χ1n) is 13.1. The lowest BCUT2D eigenvalue weighted by molar-refractivity contribution is 0.646. The predicted molar refractivity (Wildman–Crippen MR) is 158 cm³/mol. The van der Waals surface area contributed by atoms with E-state index < -0.39 is 0 Å². The van der Waals surface area contributed by atoms with Crippen LogP contribution in [-0.2, 0) is 6.54 Å². The van der Waals surface area contributed by atoms with Gasteiger partial charge in [-0.1, -0.05) is 54.8 Å². The van der Waals surface area contributed by atoms with Crippen LogP contribution in [0.1, 0.15) is 31.2 Å². The second kappa shape index (κ2) is 12.4. The zero-order valence-corrected chi connectivity index (χ0v) is 22.6. The Labute approximate surface area is 229 Å². The summed E-state index contributed by atoms with van der Waals surface area (Å²) in [4.78, 5) is 17.0. The van der Waals surface area contributed by atoms with Crippen molar-refractivity contribution in [2.45, 2.75) is 32.2 Å². The number of nitrogens with zero attached hydrogens (tertiary/aromatic N) is 5. The molecule has 0 spiro atoms. The number of halogens is 1. The molecular weight excluding hydrogens is 502 g/mol. The molecule has 0 unspecified atom stereocenters. The molecule has 194 valence electrons. The van der Waals surface area contributed by atoms with Crippen molar-refractivity contribution >= 4 is 52.2 Å². The van der Waals surface area contributed by atoms with E-state index in [9.17, 15) is 0 Å². The summed E-state index contributed by atoms with van der Waals surface area (Å²) in [7, 11) is 0. The number of hydrogen-bond donors (Lipinski definition) is 2. The minimum Gasteiger partial charge on any atom is -0.368 e. The third kappa shape index (κ3) is 7.02. The van der Waals surface area contributed by atoms with E-state index in [0.29, 0.717) is 17.6 Å². The van der Waals surface area contributed by atoms with Gasteiger partial charge in [0.05, 0.1) is 0 Å². The number of thiocarbonyl (C=S) groups is 1. The monoisotopic (exact) mass is 535 g/mol. The number of piperazine rings is 1. The van der Waals surface area contributed by atoms with Gasteiger partial charge in [-0.2, -0.15) is 9.97 Å². The number of para-hydroxylation sites is 1. The number of hydrogen-bond acceptors (Lipinski definition) is 6. The summed E-state index contributed by atoms with van der Waals surface area (Å²) in [6, 6.07) is 20.5. The molecule has 1 aromatic heterocycles. The van der Waals surface area contributed by atoms with Gasteiger partial charge in [0, 0.05) is 62.6 Å². The van der Waals surface area contributed by atoms with Crippen molar-refractivity contribution in [3.8, 4) is 0 Å². The first kappa shape index (κ1) is 25.5. The van der Waals surface area contributed by atoms with Gasteiger partial charge in [-0.25, -0.2) is 0 Å². The van der Waals surface area contributed by atoms with E-state index in [1.165, 1.54) is 31.4 Å². The van der Waals surface area contributed by atoms with E-state index in [1.54, 1.807) is 0 Å². The number of benzene rings is 2. The fourth-order valence-corrected chi connectivity index (χ4v) is 5.15. The molecule has 3 aromatic rings. The van der Waals surface area contributed by atoms with Crippen molar-refractivity contribution in [2.24, 2.45) is 0 Å². The second-order valence-electron chi connectivity index (χ2n) is 9.55. The van der Waals surface area contributed by atoms with Crippen LogP contribution in [0.15, 0.2) is 60.7 Å². The first-order valence-corrected chi connectivity index (χ1v) is 13.9. The average molecular weight is 536 g/mol. The van der Waals surface area contributed by atoms with Gasteiger partial charge in [-0.05, 0) is 54.9 Å². The van der Waals surface area contributed by atoms with Crippen molar-refractivity contribution in [2.75, 3.05) is 59.3 Å². The maximum atomic E-state index is 6.00. The Morgan fingerprint density at radius 2 is 1.35 bits per heavy atom. The van der Waals surface area contributed by atoms with Crippen LogP contribution >= 0.6 is 23.8 Å². The van der Waals surface area contributed by atoms with Crippen LogP contribution in [0.25, 0.3) is 0 Å². The second-order valence-corrected chi connectivity index (χ2v) is 10.4. The summed E-state index contributed by atoms with van der Waals surface area (Å²) in [6.45, 7) is 6.37. The molecule has 2 aliphatic heterocycles. The van der Waals surface area contributed by atoms with Gasteiger partial charge in [-0.3, -0.25) is 0 Å². The van der Waals surface area contributed by atoms with Crippen molar-refractivity contribution in [1.29, 1.82) is 0 Å². The van der Waals surface area contributed by atoms with Crippen molar-refractivity contribution in [1.82, 2.24) is 15.3 Å². The summed E-state index contributed by atoms with van der Waals surface area (Å²) in [5.74, 6) is 2.46. The molecule has 2 fully saturated rings. The van der Waals surface area contributed by atoms with E-state index in [2.05, 4.69) is 61.7 Å². The van der Waals surface area contributed by atoms with Gasteiger partial charge in [0.1, 0.15) is 11.6 Å². The number of rotatable bonds is 6. The molecule has 2 aromatic carbocycles. The van der Waals surface area contributed by atoms with Crippen molar-refractivity contribution < 1.29 is 0 Å². The van der Waals surface area contributed by atoms with Gasteiger partial charge >= 0.3 is 0 Å². The lowest BCUT2D eigenvalue weighted by Crippen LogP contribution is -2.47. The highest BCUT2D eigenvalue weighted by Crippen LogP contribution is 2.26. The molecule has 7 nitrogen and oxygen atoms in total. The Morgan fingerprint density at radius 1 is 0.757 bits per heavy atom. The molecule has 2 aliphatic rings. The summed E-state index contributed by atoms with van der Waals surface area (Å²) in [5, 5.41) is 7.73. The maximum absolute atomic E-state index is 6.00. The number of nitrogens with one attached hydrogen (secondary N) is 2. The van der Waals surface area contributed by atoms with Gasteiger partial charge in [-0.15, -0.1) is 0 Å². The van der Waals surface area contributed by atoms with Crippen LogP contribution in [0, 0.1) is 0 Å². The Morgan fingerprint density at radius 3 is 2.00 bits per heavy atom. The van der Waals surface area contributed by atoms with E-state index >= 15 is 0 Å². The normalized spacial score (nSPS) is 16.3. The highest BCUT2D eigenvalue weighted by Gasteiger charge is 2.21. The number of anilines is 4. The predicted octanol–water partition coefficient (Wildman–Crippen LogP) is 5.32. The molecule has 0 radical (unpaired) electrons. The fraction of sp³-hybridized carbons (Fsp3) is 0.393. The topological polar surface area (TPSA) is 59.6 Å². The van der Waals surface area contributed by atoms with Gasteiger partial charge in [0.2, 0.25) is 5.95 Å². The number of aromatic nitrogens is 2. The summed E-state index contributed by atoms with van der Waals surface area (Å²) in [5.41, 5.74) is 2.37. The van der Waals surface area contributed by atoms with Gasteiger partial charge in [0.25, 0.3) is 0 Å². The quantitative estimate of drug-likeness (QED) is 0.411. The largest absolute Gasteiger partial charge is 0.368 e. The Hall–Kier alpha value is -3.10. The molecule has 2 saturated heterocycles. The molecule has 0 bridgehead atoms. The van der Waals surface area contributed by atoms with E-state index in [4.69, 9.17) is 33.8 Å². The minimum atomic E-state index is 0.503. The molecule has 9 heteroatoms. The molecule has 0 saturated carbocycles. The van der Waals surface area contributed by atoms with E-state index in [0.717, 1.165) is 61.5 Å². The Balaban J connectivity index is 1.30. The molecule has 2 N–H and O–H groups in total. The maximum Gasteiger partial charge on any atom is 0.232 e. The van der Waals surface area contributed by atoms with E-state index in [1.807, 2.05) is 24.3 Å². The molecule has 0 atom stereocenters. The van der Waals surface area contributed by atoms with Gasteiger partial charge in [0.15, 0.2) is 5.11 Å². The average Bonchev–Trinajstić information content (AvgIpc) is 3.23. The van der Waals surface area contributed by atoms with Crippen molar-refractivity contribution in [3.05, 3.63) is 71.2 Å². The lowest BCUT2D eigenvalue weighted by Gasteiger charge is -2.37. The minimum absolute atomic E-state index is 0.503. The molecule has 5 rings (SSSR count). The summed E-state index contributed by atoms with van der Waals surface area (Å²) < 4.78 is 0. The van der Waals surface area contributed by atoms with Crippen molar-refractivity contribution in [3.63, 3.8) is 0 Å². The standard InChI is InChI=1S/C28H34ClN7S/c29-23-12-10-22(11-13-23)21-30-28(37)33-27-31-25(35-14-6-1-2-7-15-35)20-26(32-27)36-18-16-34(17-19-36)24-8-4-3-5-9-24/h3-5,8-13,20H,1-2,6-7,14-19,21H2,(H2,30,31,32,33,37). The third-order valence-electron chi connectivity index (χ3n) is 6.95. The Bertz CT molecular complexity index is 1160. The van der Waals surface area contributed by atoms with Crippen LogP contribution in [0.3, 0.4) is 0 Å². The molecular formula is C28H34ClN7S. The smallest absolute Gasteiger partial charge is 0.232 e. The molecule has 0 amide bonds. The van der Waals surface area contributed by atoms with E-state index in [-0.39, 0.29) is 0 Å². The van der Waals surface area contributed by atoms with Crippen LogP contribution < -0.4 is 25.3 Å². The summed E-state index contributed by atoms with van der Waals surface area (Å²) >= 11 is 11.6. The van der Waals surface area contributed by atoms with Crippen LogP contribution in [-0.4, -0.2) is 54.3 Å².